The molecule has 1 heterocycles. The second-order valence-electron chi connectivity index (χ2n) is 5.37. The summed E-state index contributed by atoms with van der Waals surface area (Å²) < 4.78 is 0. The summed E-state index contributed by atoms with van der Waals surface area (Å²) in [6.07, 6.45) is 8.20. The number of rotatable bonds is 2. The molecule has 0 fully saturated rings. The normalized spacial score (nSPS) is 20.4. The number of fused-ring (bicyclic) bond motifs is 1. The van der Waals surface area contributed by atoms with Gasteiger partial charge >= 0.3 is 0 Å². The molecule has 0 aliphatic heterocycles. The number of H-pyrrole nitrogens is 1. The lowest BCUT2D eigenvalue weighted by atomic mass is 9.90. The zero-order chi connectivity index (χ0) is 12.5. The number of benzene rings is 1. The molecule has 1 unspecified atom stereocenters. The molecule has 0 spiro atoms. The Hall–Kier alpha value is -1.54. The van der Waals surface area contributed by atoms with E-state index >= 15 is 0 Å². The molecule has 1 atom stereocenters. The number of hydrogen-bond acceptors (Lipinski definition) is 1. The van der Waals surface area contributed by atoms with Gasteiger partial charge in [0.1, 0.15) is 0 Å². The van der Waals surface area contributed by atoms with Crippen LogP contribution in [0.4, 0.5) is 0 Å². The monoisotopic (exact) mass is 240 g/mol. The molecule has 1 aromatic heterocycles. The number of nitrogens with one attached hydrogen (secondary N) is 1. The fourth-order valence-corrected chi connectivity index (χ4v) is 2.87. The summed E-state index contributed by atoms with van der Waals surface area (Å²) in [5.41, 5.74) is 4.14. The molecule has 0 bridgehead atoms. The van der Waals surface area contributed by atoms with Crippen molar-refractivity contribution in [1.82, 2.24) is 9.88 Å². The second-order valence-corrected chi connectivity index (χ2v) is 5.37. The summed E-state index contributed by atoms with van der Waals surface area (Å²) in [6, 6.07) is 9.26. The lowest BCUT2D eigenvalue weighted by molar-refractivity contribution is 0.278. The van der Waals surface area contributed by atoms with Crippen molar-refractivity contribution in [2.24, 2.45) is 0 Å². The fraction of sp³-hybridized carbons (Fsp3) is 0.375. The molecule has 2 aromatic rings. The van der Waals surface area contributed by atoms with Gasteiger partial charge in [-0.25, -0.2) is 0 Å². The number of allylic oxidation sites excluding steroid dienone is 1. The van der Waals surface area contributed by atoms with Crippen LogP contribution in [-0.4, -0.2) is 30.0 Å². The van der Waals surface area contributed by atoms with E-state index in [1.807, 2.05) is 0 Å². The topological polar surface area (TPSA) is 19.0 Å². The van der Waals surface area contributed by atoms with Crippen LogP contribution >= 0.6 is 0 Å². The van der Waals surface area contributed by atoms with Gasteiger partial charge in [0, 0.05) is 28.7 Å². The third-order valence-corrected chi connectivity index (χ3v) is 4.05. The van der Waals surface area contributed by atoms with E-state index in [0.717, 1.165) is 0 Å². The minimum Gasteiger partial charge on any atom is -0.361 e. The molecular weight excluding hydrogens is 220 g/mol. The Kier molecular flexibility index (Phi) is 2.96. The Balaban J connectivity index is 1.92. The average molecular weight is 240 g/mol. The lowest BCUT2D eigenvalue weighted by Crippen LogP contribution is -2.28. The first kappa shape index (κ1) is 11.5. The van der Waals surface area contributed by atoms with E-state index in [1.54, 1.807) is 0 Å². The van der Waals surface area contributed by atoms with Crippen LogP contribution in [-0.2, 0) is 0 Å². The first-order valence-corrected chi connectivity index (χ1v) is 6.67. The number of para-hydroxylation sites is 1. The average Bonchev–Trinajstić information content (AvgIpc) is 2.82. The minimum absolute atomic E-state index is 0.707. The van der Waals surface area contributed by atoms with Gasteiger partial charge in [-0.05, 0) is 45.0 Å². The molecule has 0 radical (unpaired) electrons. The number of nitrogens with zero attached hydrogens (tertiary/aromatic N) is 1. The third kappa shape index (κ3) is 1.97. The van der Waals surface area contributed by atoms with Crippen molar-refractivity contribution >= 4 is 16.5 Å². The van der Waals surface area contributed by atoms with Crippen LogP contribution in [0.3, 0.4) is 0 Å². The molecule has 0 amide bonds. The quantitative estimate of drug-likeness (QED) is 0.848. The van der Waals surface area contributed by atoms with Crippen molar-refractivity contribution in [3.8, 4) is 0 Å². The highest BCUT2D eigenvalue weighted by molar-refractivity contribution is 5.92. The van der Waals surface area contributed by atoms with E-state index in [2.05, 4.69) is 60.5 Å². The summed E-state index contributed by atoms with van der Waals surface area (Å²) in [5.74, 6) is 0. The zero-order valence-electron chi connectivity index (χ0n) is 11.1. The van der Waals surface area contributed by atoms with Crippen LogP contribution in [0, 0.1) is 0 Å². The molecule has 1 aliphatic carbocycles. The first-order valence-electron chi connectivity index (χ1n) is 6.67. The van der Waals surface area contributed by atoms with Crippen LogP contribution < -0.4 is 0 Å². The summed E-state index contributed by atoms with van der Waals surface area (Å²) >= 11 is 0. The van der Waals surface area contributed by atoms with E-state index < -0.39 is 0 Å². The van der Waals surface area contributed by atoms with E-state index in [0.29, 0.717) is 6.04 Å². The predicted molar refractivity (Wildman–Crippen MR) is 77.6 cm³/mol. The number of aromatic nitrogens is 1. The van der Waals surface area contributed by atoms with Gasteiger partial charge in [0.05, 0.1) is 0 Å². The van der Waals surface area contributed by atoms with Crippen LogP contribution in [0.15, 0.2) is 36.5 Å². The second kappa shape index (κ2) is 4.62. The van der Waals surface area contributed by atoms with Crippen LogP contribution in [0.25, 0.3) is 16.5 Å². The highest BCUT2D eigenvalue weighted by Gasteiger charge is 2.18. The van der Waals surface area contributed by atoms with Crippen LogP contribution in [0.5, 0.6) is 0 Å². The van der Waals surface area contributed by atoms with Crippen molar-refractivity contribution in [1.29, 1.82) is 0 Å². The smallest absolute Gasteiger partial charge is 0.0460 e. The number of hydrogen-bond donors (Lipinski definition) is 1. The van der Waals surface area contributed by atoms with E-state index in [4.69, 9.17) is 0 Å². The molecule has 1 N–H and O–H groups in total. The largest absolute Gasteiger partial charge is 0.361 e. The maximum Gasteiger partial charge on any atom is 0.0460 e. The van der Waals surface area contributed by atoms with Gasteiger partial charge in [0.25, 0.3) is 0 Å². The summed E-state index contributed by atoms with van der Waals surface area (Å²) in [6.45, 7) is 0. The Morgan fingerprint density at radius 1 is 1.22 bits per heavy atom. The van der Waals surface area contributed by atoms with E-state index in [1.165, 1.54) is 41.3 Å². The SMILES string of the molecule is CN(C)C1CC=C(c2c[nH]c3ccccc23)CC1. The predicted octanol–water partition coefficient (Wildman–Crippen LogP) is 3.67. The van der Waals surface area contributed by atoms with Gasteiger partial charge in [-0.3, -0.25) is 0 Å². The van der Waals surface area contributed by atoms with Gasteiger partial charge in [0.2, 0.25) is 0 Å². The van der Waals surface area contributed by atoms with E-state index in [9.17, 15) is 0 Å². The maximum absolute atomic E-state index is 3.37. The molecule has 1 aromatic carbocycles. The summed E-state index contributed by atoms with van der Waals surface area (Å²) in [4.78, 5) is 5.70. The van der Waals surface area contributed by atoms with Crippen molar-refractivity contribution in [3.63, 3.8) is 0 Å². The standard InChI is InChI=1S/C16H20N2/c1-18(2)13-9-7-12(8-10-13)15-11-17-16-6-4-3-5-14(15)16/h3-7,11,13,17H,8-10H2,1-2H3. The minimum atomic E-state index is 0.707. The van der Waals surface area contributed by atoms with Gasteiger partial charge in [-0.2, -0.15) is 0 Å². The van der Waals surface area contributed by atoms with Crippen LogP contribution in [0.1, 0.15) is 24.8 Å². The molecule has 1 aliphatic rings. The molecular formula is C16H20N2. The van der Waals surface area contributed by atoms with Gasteiger partial charge < -0.3 is 9.88 Å². The first-order chi connectivity index (χ1) is 8.75. The van der Waals surface area contributed by atoms with Gasteiger partial charge in [-0.1, -0.05) is 24.3 Å². The lowest BCUT2D eigenvalue weighted by Gasteiger charge is -2.27. The number of aromatic amines is 1. The Bertz CT molecular complexity index is 578. The van der Waals surface area contributed by atoms with Crippen molar-refractivity contribution in [2.75, 3.05) is 14.1 Å². The van der Waals surface area contributed by atoms with Crippen molar-refractivity contribution < 1.29 is 0 Å². The Morgan fingerprint density at radius 2 is 2.06 bits per heavy atom. The fourth-order valence-electron chi connectivity index (χ4n) is 2.87. The summed E-state index contributed by atoms with van der Waals surface area (Å²) in [5, 5.41) is 1.35. The molecule has 18 heavy (non-hydrogen) atoms. The highest BCUT2D eigenvalue weighted by Crippen LogP contribution is 2.32. The maximum atomic E-state index is 3.37. The zero-order valence-corrected chi connectivity index (χ0v) is 11.1. The van der Waals surface area contributed by atoms with Crippen LogP contribution in [0.2, 0.25) is 0 Å². The Morgan fingerprint density at radius 3 is 2.78 bits per heavy atom. The van der Waals surface area contributed by atoms with Crippen molar-refractivity contribution in [3.05, 3.63) is 42.1 Å². The molecule has 0 saturated carbocycles. The van der Waals surface area contributed by atoms with Crippen molar-refractivity contribution in [2.45, 2.75) is 25.3 Å². The molecule has 0 saturated heterocycles. The summed E-state index contributed by atoms with van der Waals surface area (Å²) in [7, 11) is 4.35. The molecule has 2 heteroatoms. The molecule has 94 valence electrons. The molecule has 3 rings (SSSR count). The van der Waals surface area contributed by atoms with Gasteiger partial charge in [-0.15, -0.1) is 0 Å². The third-order valence-electron chi connectivity index (χ3n) is 4.05. The van der Waals surface area contributed by atoms with Gasteiger partial charge in [0.15, 0.2) is 0 Å². The highest BCUT2D eigenvalue weighted by atomic mass is 15.1. The molecule has 2 nitrogen and oxygen atoms in total. The van der Waals surface area contributed by atoms with E-state index in [-0.39, 0.29) is 0 Å². The Labute approximate surface area is 108 Å².